The lowest BCUT2D eigenvalue weighted by Gasteiger charge is -2.30. The molecule has 0 spiro atoms. The molecule has 10 nitrogen and oxygen atoms in total. The molecule has 1 saturated carbocycles. The van der Waals surface area contributed by atoms with Crippen LogP contribution in [0.5, 0.6) is 0 Å². The minimum atomic E-state index is -4.84. The lowest BCUT2D eigenvalue weighted by atomic mass is 9.92. The predicted molar refractivity (Wildman–Crippen MR) is 135 cm³/mol. The Morgan fingerprint density at radius 3 is 2.44 bits per heavy atom. The van der Waals surface area contributed by atoms with Gasteiger partial charge in [-0.1, -0.05) is 18.2 Å². The van der Waals surface area contributed by atoms with Crippen LogP contribution < -0.4 is 16.0 Å². The number of halogens is 3. The number of nitrogens with zero attached hydrogens (tertiary/aromatic N) is 1. The Hall–Kier alpha value is -4.13. The second-order valence-electron chi connectivity index (χ2n) is 9.16. The zero-order chi connectivity index (χ0) is 28.0. The first kappa shape index (κ1) is 27.9. The molecule has 39 heavy (non-hydrogen) atoms. The predicted octanol–water partition coefficient (Wildman–Crippen LogP) is 4.53. The number of fused-ring (bicyclic) bond motifs is 1. The van der Waals surface area contributed by atoms with Crippen molar-refractivity contribution in [1.82, 2.24) is 10.6 Å². The van der Waals surface area contributed by atoms with E-state index in [1.807, 2.05) is 24.3 Å². The molecular weight excluding hydrogens is 521 g/mol. The highest BCUT2D eigenvalue weighted by Crippen LogP contribution is 2.38. The van der Waals surface area contributed by atoms with Gasteiger partial charge in [-0.3, -0.25) is 19.7 Å². The molecule has 4 rings (SSSR count). The highest BCUT2D eigenvalue weighted by molar-refractivity contribution is 6.35. The van der Waals surface area contributed by atoms with Gasteiger partial charge in [-0.2, -0.15) is 13.2 Å². The average Bonchev–Trinajstić information content (AvgIpc) is 3.33. The van der Waals surface area contributed by atoms with E-state index in [0.29, 0.717) is 37.0 Å². The molecule has 1 aromatic heterocycles. The molecule has 208 valence electrons. The van der Waals surface area contributed by atoms with E-state index in [9.17, 15) is 32.9 Å². The Morgan fingerprint density at radius 2 is 1.74 bits per heavy atom. The number of benzene rings is 2. The van der Waals surface area contributed by atoms with Gasteiger partial charge in [0.2, 0.25) is 0 Å². The number of amides is 2. The van der Waals surface area contributed by atoms with Gasteiger partial charge < -0.3 is 25.1 Å². The number of furan rings is 1. The summed E-state index contributed by atoms with van der Waals surface area (Å²) < 4.78 is 51.0. The maximum atomic E-state index is 13.2. The largest absolute Gasteiger partial charge is 0.459 e. The van der Waals surface area contributed by atoms with Crippen LogP contribution in [0.15, 0.2) is 52.9 Å². The number of nitro benzene ring substituents is 1. The van der Waals surface area contributed by atoms with Gasteiger partial charge in [0, 0.05) is 29.7 Å². The summed E-state index contributed by atoms with van der Waals surface area (Å²) in [6, 6.07) is 12.0. The molecule has 2 aromatic carbocycles. The van der Waals surface area contributed by atoms with Gasteiger partial charge in [0.1, 0.15) is 16.9 Å². The summed E-state index contributed by atoms with van der Waals surface area (Å²) >= 11 is 0. The van der Waals surface area contributed by atoms with Crippen molar-refractivity contribution in [1.29, 1.82) is 0 Å². The number of nitro groups is 1. The van der Waals surface area contributed by atoms with Crippen molar-refractivity contribution in [3.05, 3.63) is 70.0 Å². The van der Waals surface area contributed by atoms with Crippen molar-refractivity contribution >= 4 is 34.2 Å². The summed E-state index contributed by atoms with van der Waals surface area (Å²) in [7, 11) is 0. The fraction of sp³-hybridized carbons (Fsp3) is 0.385. The van der Waals surface area contributed by atoms with Crippen LogP contribution in [0.4, 0.5) is 24.5 Å². The van der Waals surface area contributed by atoms with Gasteiger partial charge in [0.25, 0.3) is 5.69 Å². The summed E-state index contributed by atoms with van der Waals surface area (Å²) in [5, 5.41) is 19.8. The standard InChI is InChI=1S/C26H27F3N4O6/c27-26(28,29)21-14-18(7-10-22(21)33(36)37)32-17-5-8-19(9-6-17)38-12-11-30-24(34)25(35)31-15-20-13-16-3-1-2-4-23(16)39-20/h1-4,7,10,13-14,17,19,32H,5-6,8-9,11-12,15H2,(H,30,34)(H,31,35)/t17-,19-. The molecule has 1 heterocycles. The van der Waals surface area contributed by atoms with Gasteiger partial charge in [-0.05, 0) is 49.9 Å². The lowest BCUT2D eigenvalue weighted by molar-refractivity contribution is -0.388. The van der Waals surface area contributed by atoms with Crippen molar-refractivity contribution in [2.75, 3.05) is 18.5 Å². The van der Waals surface area contributed by atoms with E-state index >= 15 is 0 Å². The quantitative estimate of drug-likeness (QED) is 0.155. The fourth-order valence-electron chi connectivity index (χ4n) is 4.46. The molecule has 1 fully saturated rings. The van der Waals surface area contributed by atoms with E-state index in [2.05, 4.69) is 16.0 Å². The second kappa shape index (κ2) is 12.2. The second-order valence-corrected chi connectivity index (χ2v) is 9.16. The summed E-state index contributed by atoms with van der Waals surface area (Å²) in [6.45, 7) is 0.410. The number of para-hydroxylation sites is 1. The fourth-order valence-corrected chi connectivity index (χ4v) is 4.46. The van der Waals surface area contributed by atoms with Gasteiger partial charge in [-0.25, -0.2) is 0 Å². The first-order chi connectivity index (χ1) is 18.6. The van der Waals surface area contributed by atoms with Gasteiger partial charge >= 0.3 is 18.0 Å². The number of hydrogen-bond acceptors (Lipinski definition) is 7. The Balaban J connectivity index is 1.13. The average molecular weight is 549 g/mol. The van der Waals surface area contributed by atoms with Crippen LogP contribution in [0, 0.1) is 10.1 Å². The van der Waals surface area contributed by atoms with E-state index in [0.717, 1.165) is 17.5 Å². The van der Waals surface area contributed by atoms with E-state index < -0.39 is 34.2 Å². The molecule has 1 aliphatic rings. The minimum Gasteiger partial charge on any atom is -0.459 e. The van der Waals surface area contributed by atoms with Crippen molar-refractivity contribution < 1.29 is 36.8 Å². The SMILES string of the molecule is O=C(NCCO[C@H]1CC[C@H](Nc2ccc([N+](=O)[O-])c(C(F)(F)F)c2)CC1)C(=O)NCc1cc2ccccc2o1. The van der Waals surface area contributed by atoms with Crippen molar-refractivity contribution in [3.8, 4) is 0 Å². The maximum absolute atomic E-state index is 13.2. The lowest BCUT2D eigenvalue weighted by Crippen LogP contribution is -2.41. The molecular formula is C26H27F3N4O6. The number of alkyl halides is 3. The molecule has 0 radical (unpaired) electrons. The van der Waals surface area contributed by atoms with Crippen LogP contribution in [0.25, 0.3) is 11.0 Å². The van der Waals surface area contributed by atoms with Crippen LogP contribution in [-0.2, 0) is 27.0 Å². The number of rotatable bonds is 9. The molecule has 2 amide bonds. The number of anilines is 1. The van der Waals surface area contributed by atoms with E-state index in [1.54, 1.807) is 6.07 Å². The zero-order valence-electron chi connectivity index (χ0n) is 20.8. The van der Waals surface area contributed by atoms with Gasteiger partial charge in [-0.15, -0.1) is 0 Å². The Labute approximate surface area is 221 Å². The molecule has 0 aliphatic heterocycles. The van der Waals surface area contributed by atoms with E-state index in [4.69, 9.17) is 9.15 Å². The Kier molecular flexibility index (Phi) is 8.69. The Bertz CT molecular complexity index is 1300. The monoisotopic (exact) mass is 548 g/mol. The third kappa shape index (κ3) is 7.47. The molecule has 13 heteroatoms. The maximum Gasteiger partial charge on any atom is 0.423 e. The van der Waals surface area contributed by atoms with Crippen LogP contribution in [0.3, 0.4) is 0 Å². The minimum absolute atomic E-state index is 0.0755. The van der Waals surface area contributed by atoms with Crippen LogP contribution in [0.2, 0.25) is 0 Å². The third-order valence-electron chi connectivity index (χ3n) is 6.39. The van der Waals surface area contributed by atoms with Crippen LogP contribution in [0.1, 0.15) is 37.0 Å². The smallest absolute Gasteiger partial charge is 0.423 e. The molecule has 0 bridgehead atoms. The van der Waals surface area contributed by atoms with Crippen LogP contribution >= 0.6 is 0 Å². The number of nitrogens with one attached hydrogen (secondary N) is 3. The zero-order valence-corrected chi connectivity index (χ0v) is 20.8. The highest BCUT2D eigenvalue weighted by Gasteiger charge is 2.38. The molecule has 3 aromatic rings. The molecule has 0 saturated heterocycles. The van der Waals surface area contributed by atoms with Crippen LogP contribution in [-0.4, -0.2) is 42.0 Å². The third-order valence-corrected chi connectivity index (χ3v) is 6.39. The molecule has 0 atom stereocenters. The molecule has 0 unspecified atom stereocenters. The summed E-state index contributed by atoms with van der Waals surface area (Å²) in [6.07, 6.45) is -2.40. The van der Waals surface area contributed by atoms with E-state index in [-0.39, 0.29) is 37.5 Å². The first-order valence-electron chi connectivity index (χ1n) is 12.4. The highest BCUT2D eigenvalue weighted by atomic mass is 19.4. The number of ether oxygens (including phenoxy) is 1. The molecule has 1 aliphatic carbocycles. The number of carbonyl (C=O) groups excluding carboxylic acids is 2. The first-order valence-corrected chi connectivity index (χ1v) is 12.4. The number of carbonyl (C=O) groups is 2. The van der Waals surface area contributed by atoms with Crippen molar-refractivity contribution in [2.45, 2.75) is 50.6 Å². The number of hydrogen-bond donors (Lipinski definition) is 3. The van der Waals surface area contributed by atoms with Crippen molar-refractivity contribution in [2.24, 2.45) is 0 Å². The summed E-state index contributed by atoms with van der Waals surface area (Å²) in [5.74, 6) is -1.05. The van der Waals surface area contributed by atoms with E-state index in [1.165, 1.54) is 6.07 Å². The summed E-state index contributed by atoms with van der Waals surface area (Å²) in [5.41, 5.74) is -1.42. The van der Waals surface area contributed by atoms with Crippen molar-refractivity contribution in [3.63, 3.8) is 0 Å². The normalized spacial score (nSPS) is 17.5. The molecule has 3 N–H and O–H groups in total. The summed E-state index contributed by atoms with van der Waals surface area (Å²) in [4.78, 5) is 33.9. The topological polar surface area (TPSA) is 136 Å². The van der Waals surface area contributed by atoms with Gasteiger partial charge in [0.15, 0.2) is 0 Å². The van der Waals surface area contributed by atoms with Gasteiger partial charge in [0.05, 0.1) is 24.2 Å². The Morgan fingerprint density at radius 1 is 1.03 bits per heavy atom.